The molecular formula is C15H21FN2O4S. The molecule has 1 aromatic rings. The fourth-order valence-corrected chi connectivity index (χ4v) is 3.58. The summed E-state index contributed by atoms with van der Waals surface area (Å²) in [7, 11) is -0.484. The molecule has 0 aliphatic carbocycles. The van der Waals surface area contributed by atoms with E-state index in [-0.39, 0.29) is 30.4 Å². The quantitative estimate of drug-likeness (QED) is 0.856. The van der Waals surface area contributed by atoms with Crippen LogP contribution in [0.2, 0.25) is 0 Å². The molecule has 23 heavy (non-hydrogen) atoms. The fourth-order valence-electron chi connectivity index (χ4n) is 2.41. The van der Waals surface area contributed by atoms with E-state index in [1.54, 1.807) is 19.1 Å². The van der Waals surface area contributed by atoms with Crippen LogP contribution >= 0.6 is 0 Å². The van der Waals surface area contributed by atoms with Crippen LogP contribution in [0.1, 0.15) is 15.9 Å². The zero-order chi connectivity index (χ0) is 17.2. The molecule has 6 nitrogen and oxygen atoms in total. The number of amides is 1. The number of nitrogens with zero attached hydrogens (tertiary/aromatic N) is 1. The summed E-state index contributed by atoms with van der Waals surface area (Å²) >= 11 is 0. The molecule has 0 unspecified atom stereocenters. The van der Waals surface area contributed by atoms with Crippen molar-refractivity contribution in [1.82, 2.24) is 9.62 Å². The van der Waals surface area contributed by atoms with Crippen molar-refractivity contribution in [3.63, 3.8) is 0 Å². The Kier molecular flexibility index (Phi) is 5.38. The molecule has 8 heteroatoms. The van der Waals surface area contributed by atoms with Gasteiger partial charge in [0.15, 0.2) is 0 Å². The SMILES string of the molecule is Cc1cccc(C(=O)N[C@H]2COC[C@H]2CS(=O)(=O)N(C)C)c1F. The Morgan fingerprint density at radius 3 is 2.74 bits per heavy atom. The van der Waals surface area contributed by atoms with E-state index in [0.29, 0.717) is 5.56 Å². The van der Waals surface area contributed by atoms with Crippen LogP contribution in [-0.4, -0.2) is 57.7 Å². The molecule has 128 valence electrons. The number of carbonyl (C=O) groups is 1. The zero-order valence-electron chi connectivity index (χ0n) is 13.4. The van der Waals surface area contributed by atoms with Crippen LogP contribution in [0.15, 0.2) is 18.2 Å². The molecule has 2 atom stereocenters. The summed E-state index contributed by atoms with van der Waals surface area (Å²) in [6.07, 6.45) is 0. The number of ether oxygens (including phenoxy) is 1. The zero-order valence-corrected chi connectivity index (χ0v) is 14.2. The van der Waals surface area contributed by atoms with E-state index in [1.807, 2.05) is 0 Å². The van der Waals surface area contributed by atoms with Crippen molar-refractivity contribution >= 4 is 15.9 Å². The molecule has 1 heterocycles. The van der Waals surface area contributed by atoms with Crippen LogP contribution in [0.25, 0.3) is 0 Å². The van der Waals surface area contributed by atoms with Crippen LogP contribution in [-0.2, 0) is 14.8 Å². The van der Waals surface area contributed by atoms with E-state index in [1.165, 1.54) is 20.2 Å². The average Bonchev–Trinajstić information content (AvgIpc) is 2.88. The third-order valence-corrected chi connectivity index (χ3v) is 5.89. The number of hydrogen-bond donors (Lipinski definition) is 1. The Bertz CT molecular complexity index is 691. The van der Waals surface area contributed by atoms with Crippen molar-refractivity contribution in [1.29, 1.82) is 0 Å². The first-order chi connectivity index (χ1) is 10.7. The van der Waals surface area contributed by atoms with Crippen molar-refractivity contribution in [2.24, 2.45) is 5.92 Å². The molecule has 1 aliphatic rings. The summed E-state index contributed by atoms with van der Waals surface area (Å²) in [5.41, 5.74) is 0.332. The highest BCUT2D eigenvalue weighted by Crippen LogP contribution is 2.19. The van der Waals surface area contributed by atoms with E-state index in [9.17, 15) is 17.6 Å². The highest BCUT2D eigenvalue weighted by Gasteiger charge is 2.34. The molecule has 0 radical (unpaired) electrons. The van der Waals surface area contributed by atoms with Crippen molar-refractivity contribution in [3.05, 3.63) is 35.1 Å². The molecule has 1 N–H and O–H groups in total. The van der Waals surface area contributed by atoms with Gasteiger partial charge in [-0.15, -0.1) is 0 Å². The number of aryl methyl sites for hydroxylation is 1. The number of sulfonamides is 1. The Labute approximate surface area is 135 Å². The van der Waals surface area contributed by atoms with E-state index in [2.05, 4.69) is 5.32 Å². The highest BCUT2D eigenvalue weighted by molar-refractivity contribution is 7.89. The topological polar surface area (TPSA) is 75.7 Å². The summed E-state index contributed by atoms with van der Waals surface area (Å²) in [6.45, 7) is 2.04. The monoisotopic (exact) mass is 344 g/mol. The molecule has 0 spiro atoms. The van der Waals surface area contributed by atoms with Gasteiger partial charge in [0.05, 0.1) is 30.6 Å². The van der Waals surface area contributed by atoms with Gasteiger partial charge in [-0.2, -0.15) is 0 Å². The van der Waals surface area contributed by atoms with Gasteiger partial charge >= 0.3 is 0 Å². The minimum atomic E-state index is -3.40. The van der Waals surface area contributed by atoms with Gasteiger partial charge in [-0.05, 0) is 18.6 Å². The van der Waals surface area contributed by atoms with Crippen LogP contribution in [0, 0.1) is 18.7 Å². The van der Waals surface area contributed by atoms with Gasteiger partial charge in [-0.25, -0.2) is 17.1 Å². The van der Waals surface area contributed by atoms with Crippen molar-refractivity contribution in [3.8, 4) is 0 Å². The number of benzene rings is 1. The largest absolute Gasteiger partial charge is 0.379 e. The van der Waals surface area contributed by atoms with Gasteiger partial charge < -0.3 is 10.1 Å². The fraction of sp³-hybridized carbons (Fsp3) is 0.533. The van der Waals surface area contributed by atoms with E-state index in [4.69, 9.17) is 4.74 Å². The van der Waals surface area contributed by atoms with Gasteiger partial charge in [-0.1, -0.05) is 12.1 Å². The van der Waals surface area contributed by atoms with Crippen molar-refractivity contribution in [2.45, 2.75) is 13.0 Å². The maximum atomic E-state index is 14.0. The lowest BCUT2D eigenvalue weighted by Crippen LogP contribution is -2.43. The summed E-state index contributed by atoms with van der Waals surface area (Å²) in [4.78, 5) is 12.3. The second kappa shape index (κ2) is 6.94. The minimum absolute atomic E-state index is 0.0499. The molecular weight excluding hydrogens is 323 g/mol. The lowest BCUT2D eigenvalue weighted by molar-refractivity contribution is 0.0921. The minimum Gasteiger partial charge on any atom is -0.379 e. The summed E-state index contributed by atoms with van der Waals surface area (Å²) in [5.74, 6) is -1.61. The standard InChI is InChI=1S/C15H21FN2O4S/c1-10-5-4-6-12(14(10)16)15(19)17-13-8-22-7-11(13)9-23(20,21)18(2)3/h4-6,11,13H,7-9H2,1-3H3,(H,17,19)/t11-,13-/m0/s1. The lowest BCUT2D eigenvalue weighted by atomic mass is 10.0. The van der Waals surface area contributed by atoms with Crippen molar-refractivity contribution < 1.29 is 22.3 Å². The Balaban J connectivity index is 2.09. The number of nitrogens with one attached hydrogen (secondary N) is 1. The molecule has 0 saturated carbocycles. The van der Waals surface area contributed by atoms with Crippen LogP contribution in [0.5, 0.6) is 0 Å². The van der Waals surface area contributed by atoms with Crippen molar-refractivity contribution in [2.75, 3.05) is 33.1 Å². The van der Waals surface area contributed by atoms with Crippen LogP contribution < -0.4 is 5.32 Å². The van der Waals surface area contributed by atoms with Gasteiger partial charge in [0.25, 0.3) is 5.91 Å². The van der Waals surface area contributed by atoms with E-state index >= 15 is 0 Å². The molecule has 2 rings (SSSR count). The van der Waals surface area contributed by atoms with Gasteiger partial charge in [-0.3, -0.25) is 4.79 Å². The Morgan fingerprint density at radius 2 is 2.09 bits per heavy atom. The first kappa shape index (κ1) is 17.8. The number of hydrogen-bond acceptors (Lipinski definition) is 4. The van der Waals surface area contributed by atoms with Gasteiger partial charge in [0, 0.05) is 20.0 Å². The van der Waals surface area contributed by atoms with Crippen LogP contribution in [0.3, 0.4) is 0 Å². The number of halogens is 1. The Morgan fingerprint density at radius 1 is 1.39 bits per heavy atom. The predicted octanol–water partition coefficient (Wildman–Crippen LogP) is 0.770. The summed E-state index contributed by atoms with van der Waals surface area (Å²) in [6, 6.07) is 4.13. The maximum absolute atomic E-state index is 14.0. The van der Waals surface area contributed by atoms with Crippen LogP contribution in [0.4, 0.5) is 4.39 Å². The van der Waals surface area contributed by atoms with E-state index < -0.39 is 27.8 Å². The smallest absolute Gasteiger partial charge is 0.254 e. The van der Waals surface area contributed by atoms with Gasteiger partial charge in [0.1, 0.15) is 5.82 Å². The molecule has 0 bridgehead atoms. The first-order valence-corrected chi connectivity index (χ1v) is 8.87. The predicted molar refractivity (Wildman–Crippen MR) is 84.2 cm³/mol. The Hall–Kier alpha value is -1.51. The van der Waals surface area contributed by atoms with E-state index in [0.717, 1.165) is 4.31 Å². The number of carbonyl (C=O) groups excluding carboxylic acids is 1. The second-order valence-corrected chi connectivity index (χ2v) is 8.10. The molecule has 1 saturated heterocycles. The molecule has 1 fully saturated rings. The molecule has 0 aromatic heterocycles. The molecule has 1 aliphatic heterocycles. The normalized spacial score (nSPS) is 21.6. The summed E-state index contributed by atoms with van der Waals surface area (Å²) < 4.78 is 44.4. The number of rotatable bonds is 5. The molecule has 1 aromatic carbocycles. The maximum Gasteiger partial charge on any atom is 0.254 e. The lowest BCUT2D eigenvalue weighted by Gasteiger charge is -2.21. The first-order valence-electron chi connectivity index (χ1n) is 7.26. The average molecular weight is 344 g/mol. The second-order valence-electron chi connectivity index (χ2n) is 5.87. The third-order valence-electron chi connectivity index (χ3n) is 3.93. The van der Waals surface area contributed by atoms with Gasteiger partial charge in [0.2, 0.25) is 10.0 Å². The third kappa shape index (κ3) is 4.07. The summed E-state index contributed by atoms with van der Waals surface area (Å²) in [5, 5.41) is 2.69. The molecule has 1 amide bonds. The highest BCUT2D eigenvalue weighted by atomic mass is 32.2.